The Morgan fingerprint density at radius 1 is 1.21 bits per heavy atom. The summed E-state index contributed by atoms with van der Waals surface area (Å²) in [4.78, 5) is 25.1. The third kappa shape index (κ3) is 3.37. The lowest BCUT2D eigenvalue weighted by molar-refractivity contribution is 0.0946. The number of nitrogens with zero attached hydrogens (tertiary/aromatic N) is 5. The van der Waals surface area contributed by atoms with E-state index in [9.17, 15) is 4.79 Å². The van der Waals surface area contributed by atoms with E-state index in [0.29, 0.717) is 0 Å². The molecule has 0 spiro atoms. The van der Waals surface area contributed by atoms with Gasteiger partial charge in [-0.2, -0.15) is 5.10 Å². The third-order valence-corrected chi connectivity index (χ3v) is 4.45. The second-order valence-corrected chi connectivity index (χ2v) is 6.59. The quantitative estimate of drug-likeness (QED) is 0.551. The zero-order valence-corrected chi connectivity index (χ0v) is 15.7. The summed E-state index contributed by atoms with van der Waals surface area (Å²) in [5, 5.41) is 8.98. The maximum Gasteiger partial charge on any atom is 0.274 e. The molecule has 0 atom stereocenters. The maximum atomic E-state index is 12.6. The van der Waals surface area contributed by atoms with E-state index in [1.54, 1.807) is 24.8 Å². The molecule has 3 N–H and O–H groups in total. The molecule has 0 saturated heterocycles. The van der Waals surface area contributed by atoms with Gasteiger partial charge in [0.05, 0.1) is 6.20 Å². The van der Waals surface area contributed by atoms with Gasteiger partial charge in [0.15, 0.2) is 22.5 Å². The molecule has 1 amide bonds. The van der Waals surface area contributed by atoms with Gasteiger partial charge in [-0.15, -0.1) is 0 Å². The average molecular weight is 394 g/mol. The van der Waals surface area contributed by atoms with Gasteiger partial charge < -0.3 is 11.1 Å². The smallest absolute Gasteiger partial charge is 0.274 e. The molecule has 28 heavy (non-hydrogen) atoms. The minimum atomic E-state index is -0.469. The number of nitrogens with two attached hydrogens (primary N) is 1. The molecule has 0 aliphatic carbocycles. The first-order valence-corrected chi connectivity index (χ1v) is 8.85. The Morgan fingerprint density at radius 2 is 2.04 bits per heavy atom. The second-order valence-electron chi connectivity index (χ2n) is 6.24. The van der Waals surface area contributed by atoms with Gasteiger partial charge in [0.25, 0.3) is 5.91 Å². The molecule has 0 fully saturated rings. The average Bonchev–Trinajstić information content (AvgIpc) is 3.13. The van der Waals surface area contributed by atoms with Crippen LogP contribution in [-0.4, -0.2) is 30.6 Å². The van der Waals surface area contributed by atoms with E-state index in [1.807, 2.05) is 31.2 Å². The number of hydrogen-bond acceptors (Lipinski definition) is 6. The van der Waals surface area contributed by atoms with Crippen LogP contribution in [0.1, 0.15) is 21.6 Å². The Balaban J connectivity index is 1.57. The molecule has 8 nitrogen and oxygen atoms in total. The molecule has 4 rings (SSSR count). The number of pyridine rings is 1. The molecule has 4 aromatic rings. The fourth-order valence-corrected chi connectivity index (χ4v) is 3.05. The highest BCUT2D eigenvalue weighted by Crippen LogP contribution is 2.20. The second kappa shape index (κ2) is 7.24. The predicted molar refractivity (Wildman–Crippen MR) is 106 cm³/mol. The number of anilines is 1. The van der Waals surface area contributed by atoms with Gasteiger partial charge in [-0.05, 0) is 23.4 Å². The topological polar surface area (TPSA) is 112 Å². The Labute approximate surface area is 165 Å². The summed E-state index contributed by atoms with van der Waals surface area (Å²) in [5.74, 6) is -0.230. The van der Waals surface area contributed by atoms with E-state index in [2.05, 4.69) is 25.4 Å². The SMILES string of the molecule is Cc1cnn(-c2nc(N)c(C(=O)NCc3cncc4ccccc34)nc2Cl)c1. The lowest BCUT2D eigenvalue weighted by Gasteiger charge is -2.10. The summed E-state index contributed by atoms with van der Waals surface area (Å²) >= 11 is 6.20. The first kappa shape index (κ1) is 17.9. The normalized spacial score (nSPS) is 10.9. The van der Waals surface area contributed by atoms with Crippen LogP contribution in [0.5, 0.6) is 0 Å². The van der Waals surface area contributed by atoms with Crippen molar-refractivity contribution in [3.05, 3.63) is 71.0 Å². The van der Waals surface area contributed by atoms with Crippen LogP contribution in [0.25, 0.3) is 16.6 Å². The molecular weight excluding hydrogens is 378 g/mol. The summed E-state index contributed by atoms with van der Waals surface area (Å²) in [6.45, 7) is 2.16. The highest BCUT2D eigenvalue weighted by atomic mass is 35.5. The number of nitrogens with one attached hydrogen (secondary N) is 1. The summed E-state index contributed by atoms with van der Waals surface area (Å²) in [7, 11) is 0. The van der Waals surface area contributed by atoms with Crippen LogP contribution in [0.2, 0.25) is 5.15 Å². The highest BCUT2D eigenvalue weighted by molar-refractivity contribution is 6.31. The number of hydrogen-bond donors (Lipinski definition) is 2. The van der Waals surface area contributed by atoms with E-state index in [1.165, 1.54) is 4.68 Å². The Kier molecular flexibility index (Phi) is 4.62. The lowest BCUT2D eigenvalue weighted by atomic mass is 10.1. The monoisotopic (exact) mass is 393 g/mol. The third-order valence-electron chi connectivity index (χ3n) is 4.20. The molecule has 3 heterocycles. The fourth-order valence-electron chi connectivity index (χ4n) is 2.84. The van der Waals surface area contributed by atoms with Crippen molar-refractivity contribution in [2.24, 2.45) is 0 Å². The van der Waals surface area contributed by atoms with Crippen LogP contribution in [0.3, 0.4) is 0 Å². The lowest BCUT2D eigenvalue weighted by Crippen LogP contribution is -2.26. The maximum absolute atomic E-state index is 12.6. The van der Waals surface area contributed by atoms with Crippen molar-refractivity contribution in [3.63, 3.8) is 0 Å². The summed E-state index contributed by atoms with van der Waals surface area (Å²) in [5.41, 5.74) is 7.73. The largest absolute Gasteiger partial charge is 0.382 e. The number of aromatic nitrogens is 5. The van der Waals surface area contributed by atoms with Crippen LogP contribution >= 0.6 is 11.6 Å². The summed E-state index contributed by atoms with van der Waals surface area (Å²) < 4.78 is 1.46. The van der Waals surface area contributed by atoms with Crippen molar-refractivity contribution >= 4 is 34.1 Å². The van der Waals surface area contributed by atoms with Crippen LogP contribution in [-0.2, 0) is 6.54 Å². The number of fused-ring (bicyclic) bond motifs is 1. The van der Waals surface area contributed by atoms with Crippen molar-refractivity contribution in [2.75, 3.05) is 5.73 Å². The molecule has 140 valence electrons. The van der Waals surface area contributed by atoms with Gasteiger partial charge in [-0.1, -0.05) is 35.9 Å². The van der Waals surface area contributed by atoms with Gasteiger partial charge in [-0.3, -0.25) is 9.78 Å². The van der Waals surface area contributed by atoms with Gasteiger partial charge >= 0.3 is 0 Å². The van der Waals surface area contributed by atoms with Gasteiger partial charge in [0.1, 0.15) is 0 Å². The molecule has 3 aromatic heterocycles. The van der Waals surface area contributed by atoms with Crippen LogP contribution in [0.4, 0.5) is 5.82 Å². The molecule has 0 saturated carbocycles. The number of nitrogen functional groups attached to an aromatic ring is 1. The minimum absolute atomic E-state index is 0.0268. The molecule has 0 aliphatic rings. The number of rotatable bonds is 4. The van der Waals surface area contributed by atoms with Crippen LogP contribution < -0.4 is 11.1 Å². The first-order valence-electron chi connectivity index (χ1n) is 8.47. The number of benzene rings is 1. The molecule has 9 heteroatoms. The Morgan fingerprint density at radius 3 is 2.82 bits per heavy atom. The van der Waals surface area contributed by atoms with E-state index in [4.69, 9.17) is 17.3 Å². The van der Waals surface area contributed by atoms with E-state index in [0.717, 1.165) is 21.9 Å². The van der Waals surface area contributed by atoms with Gasteiger partial charge in [0, 0.05) is 30.5 Å². The highest BCUT2D eigenvalue weighted by Gasteiger charge is 2.18. The van der Waals surface area contributed by atoms with Crippen molar-refractivity contribution < 1.29 is 4.79 Å². The number of carbonyl (C=O) groups is 1. The molecule has 1 aromatic carbocycles. The van der Waals surface area contributed by atoms with Crippen molar-refractivity contribution in [2.45, 2.75) is 13.5 Å². The number of aryl methyl sites for hydroxylation is 1. The van der Waals surface area contributed by atoms with Crippen molar-refractivity contribution in [3.8, 4) is 5.82 Å². The zero-order valence-electron chi connectivity index (χ0n) is 14.9. The van der Waals surface area contributed by atoms with E-state index < -0.39 is 5.91 Å². The Hall–Kier alpha value is -3.52. The van der Waals surface area contributed by atoms with E-state index >= 15 is 0 Å². The molecule has 0 aliphatic heterocycles. The van der Waals surface area contributed by atoms with E-state index in [-0.39, 0.29) is 29.0 Å². The fraction of sp³-hybridized carbons (Fsp3) is 0.105. The molecular formula is C19H16ClN7O. The summed E-state index contributed by atoms with van der Waals surface area (Å²) in [6, 6.07) is 7.82. The Bertz CT molecular complexity index is 1180. The van der Waals surface area contributed by atoms with Gasteiger partial charge in [-0.25, -0.2) is 14.6 Å². The van der Waals surface area contributed by atoms with Crippen LogP contribution in [0.15, 0.2) is 49.1 Å². The number of carbonyl (C=O) groups excluding carboxylic acids is 1. The summed E-state index contributed by atoms with van der Waals surface area (Å²) in [6.07, 6.45) is 6.89. The van der Waals surface area contributed by atoms with Gasteiger partial charge in [0.2, 0.25) is 0 Å². The molecule has 0 unspecified atom stereocenters. The first-order chi connectivity index (χ1) is 13.5. The molecule has 0 radical (unpaired) electrons. The van der Waals surface area contributed by atoms with Crippen molar-refractivity contribution in [1.82, 2.24) is 30.0 Å². The number of halogens is 1. The minimum Gasteiger partial charge on any atom is -0.382 e. The van der Waals surface area contributed by atoms with Crippen LogP contribution in [0, 0.1) is 6.92 Å². The van der Waals surface area contributed by atoms with Crippen molar-refractivity contribution in [1.29, 1.82) is 0 Å². The predicted octanol–water partition coefficient (Wildman–Crippen LogP) is 2.68. The zero-order chi connectivity index (χ0) is 19.7. The standard InChI is InChI=1S/C19H16ClN7O/c1-11-6-24-27(10-11)18-16(20)25-15(17(21)26-18)19(28)23-9-13-8-22-7-12-4-2-3-5-14(12)13/h2-8,10H,9H2,1H3,(H2,21,26)(H,23,28). The number of amides is 1. The molecule has 0 bridgehead atoms.